The molecule has 0 radical (unpaired) electrons. The molecular weight excluding hydrogens is 267 g/mol. The van der Waals surface area contributed by atoms with Gasteiger partial charge >= 0.3 is 6.18 Å². The Balaban J connectivity index is 2.57. The second-order valence-corrected chi connectivity index (χ2v) is 4.18. The Kier molecular flexibility index (Phi) is 2.98. The number of halogens is 4. The number of aryl methyl sites for hydroxylation is 1. The molecule has 2 rings (SSSR count). The Labute approximate surface area is 106 Å². The zero-order chi connectivity index (χ0) is 13.5. The van der Waals surface area contributed by atoms with Gasteiger partial charge in [0.1, 0.15) is 0 Å². The lowest BCUT2D eigenvalue weighted by Crippen LogP contribution is -2.08. The molecule has 2 aromatic rings. The van der Waals surface area contributed by atoms with Gasteiger partial charge < -0.3 is 5.73 Å². The van der Waals surface area contributed by atoms with Crippen molar-refractivity contribution in [3.8, 4) is 5.69 Å². The summed E-state index contributed by atoms with van der Waals surface area (Å²) in [6.07, 6.45) is -2.95. The van der Waals surface area contributed by atoms with Crippen LogP contribution in [0.4, 0.5) is 19.1 Å². The Bertz CT molecular complexity index is 590. The topological polar surface area (TPSA) is 43.8 Å². The summed E-state index contributed by atoms with van der Waals surface area (Å²) in [5, 5.41) is -0.346. The molecule has 1 aromatic heterocycles. The van der Waals surface area contributed by atoms with Gasteiger partial charge in [0.2, 0.25) is 5.95 Å². The lowest BCUT2D eigenvalue weighted by molar-refractivity contribution is -0.137. The third-order valence-electron chi connectivity index (χ3n) is 2.39. The molecule has 0 spiro atoms. The van der Waals surface area contributed by atoms with Crippen molar-refractivity contribution in [2.75, 3.05) is 5.73 Å². The van der Waals surface area contributed by atoms with Crippen LogP contribution in [0.25, 0.3) is 5.69 Å². The van der Waals surface area contributed by atoms with Crippen LogP contribution in [0.2, 0.25) is 5.02 Å². The van der Waals surface area contributed by atoms with Gasteiger partial charge in [0.15, 0.2) is 0 Å². The van der Waals surface area contributed by atoms with E-state index < -0.39 is 11.7 Å². The van der Waals surface area contributed by atoms with Crippen molar-refractivity contribution >= 4 is 17.5 Å². The van der Waals surface area contributed by atoms with E-state index >= 15 is 0 Å². The number of anilines is 1. The third-order valence-corrected chi connectivity index (χ3v) is 2.72. The summed E-state index contributed by atoms with van der Waals surface area (Å²) in [6.45, 7) is 1.70. The molecule has 3 nitrogen and oxygen atoms in total. The number of nitrogen functional groups attached to an aromatic ring is 1. The van der Waals surface area contributed by atoms with E-state index in [0.29, 0.717) is 5.69 Å². The maximum atomic E-state index is 12.7. The van der Waals surface area contributed by atoms with Gasteiger partial charge in [-0.05, 0) is 25.1 Å². The molecule has 0 bridgehead atoms. The number of rotatable bonds is 1. The summed E-state index contributed by atoms with van der Waals surface area (Å²) in [7, 11) is 0. The summed E-state index contributed by atoms with van der Waals surface area (Å²) in [5.41, 5.74) is 5.60. The van der Waals surface area contributed by atoms with Gasteiger partial charge in [0.25, 0.3) is 0 Å². The molecule has 96 valence electrons. The SMILES string of the molecule is Cc1cn(-c2ccc(Cl)c(C(F)(F)F)c2)c(N)n1. The molecule has 0 aliphatic carbocycles. The largest absolute Gasteiger partial charge is 0.417 e. The van der Waals surface area contributed by atoms with Crippen molar-refractivity contribution in [1.82, 2.24) is 9.55 Å². The Morgan fingerprint density at radius 2 is 2.00 bits per heavy atom. The normalized spacial score (nSPS) is 11.8. The number of imidazole rings is 1. The number of nitrogens with zero attached hydrogens (tertiary/aromatic N) is 2. The average Bonchev–Trinajstić information content (AvgIpc) is 2.57. The van der Waals surface area contributed by atoms with Crippen molar-refractivity contribution < 1.29 is 13.2 Å². The first kappa shape index (κ1) is 12.8. The number of hydrogen-bond acceptors (Lipinski definition) is 2. The van der Waals surface area contributed by atoms with Crippen molar-refractivity contribution in [1.29, 1.82) is 0 Å². The lowest BCUT2D eigenvalue weighted by atomic mass is 10.2. The Morgan fingerprint density at radius 1 is 1.33 bits per heavy atom. The first-order valence-corrected chi connectivity index (χ1v) is 5.35. The zero-order valence-corrected chi connectivity index (χ0v) is 10.0. The van der Waals surface area contributed by atoms with Crippen LogP contribution >= 0.6 is 11.6 Å². The van der Waals surface area contributed by atoms with Crippen molar-refractivity contribution in [2.24, 2.45) is 0 Å². The molecule has 2 N–H and O–H groups in total. The average molecular weight is 276 g/mol. The summed E-state index contributed by atoms with van der Waals surface area (Å²) in [4.78, 5) is 3.93. The summed E-state index contributed by atoms with van der Waals surface area (Å²) >= 11 is 5.54. The second kappa shape index (κ2) is 4.20. The second-order valence-electron chi connectivity index (χ2n) is 3.77. The van der Waals surface area contributed by atoms with Gasteiger partial charge in [-0.25, -0.2) is 4.98 Å². The lowest BCUT2D eigenvalue weighted by Gasteiger charge is -2.11. The van der Waals surface area contributed by atoms with Crippen molar-refractivity contribution in [3.05, 3.63) is 40.7 Å². The van der Waals surface area contributed by atoms with E-state index in [2.05, 4.69) is 4.98 Å². The fraction of sp³-hybridized carbons (Fsp3) is 0.182. The number of benzene rings is 1. The smallest absolute Gasteiger partial charge is 0.369 e. The molecule has 1 heterocycles. The Hall–Kier alpha value is -1.69. The minimum Gasteiger partial charge on any atom is -0.369 e. The van der Waals surface area contributed by atoms with Crippen LogP contribution in [0.1, 0.15) is 11.3 Å². The maximum Gasteiger partial charge on any atom is 0.417 e. The maximum absolute atomic E-state index is 12.7. The first-order valence-electron chi connectivity index (χ1n) is 4.97. The minimum atomic E-state index is -4.50. The van der Waals surface area contributed by atoms with Crippen LogP contribution in [-0.2, 0) is 6.18 Å². The van der Waals surface area contributed by atoms with E-state index in [1.54, 1.807) is 13.1 Å². The number of aromatic nitrogens is 2. The number of hydrogen-bond donors (Lipinski definition) is 1. The molecule has 1 aromatic carbocycles. The third kappa shape index (κ3) is 2.28. The van der Waals surface area contributed by atoms with E-state index in [1.165, 1.54) is 16.7 Å². The van der Waals surface area contributed by atoms with Crippen LogP contribution in [0.3, 0.4) is 0 Å². The van der Waals surface area contributed by atoms with E-state index in [-0.39, 0.29) is 16.7 Å². The van der Waals surface area contributed by atoms with Crippen LogP contribution in [0.5, 0.6) is 0 Å². The fourth-order valence-corrected chi connectivity index (χ4v) is 1.83. The van der Waals surface area contributed by atoms with Gasteiger partial charge in [0.05, 0.1) is 16.3 Å². The quantitative estimate of drug-likeness (QED) is 0.866. The highest BCUT2D eigenvalue weighted by Crippen LogP contribution is 2.36. The molecule has 0 amide bonds. The van der Waals surface area contributed by atoms with E-state index in [4.69, 9.17) is 17.3 Å². The fourth-order valence-electron chi connectivity index (χ4n) is 1.60. The minimum absolute atomic E-state index is 0.128. The Morgan fingerprint density at radius 3 is 2.50 bits per heavy atom. The molecule has 0 atom stereocenters. The van der Waals surface area contributed by atoms with E-state index in [0.717, 1.165) is 6.07 Å². The van der Waals surface area contributed by atoms with Crippen LogP contribution in [0.15, 0.2) is 24.4 Å². The summed E-state index contributed by atoms with van der Waals surface area (Å²) in [6, 6.07) is 3.59. The molecule has 7 heteroatoms. The molecule has 0 aliphatic heterocycles. The molecule has 0 saturated carbocycles. The summed E-state index contributed by atoms with van der Waals surface area (Å²) < 4.78 is 39.5. The molecule has 0 unspecified atom stereocenters. The van der Waals surface area contributed by atoms with Gasteiger partial charge in [0, 0.05) is 11.9 Å². The van der Waals surface area contributed by atoms with Gasteiger partial charge in [-0.2, -0.15) is 13.2 Å². The van der Waals surface area contributed by atoms with Gasteiger partial charge in [-0.1, -0.05) is 11.6 Å². The highest BCUT2D eigenvalue weighted by atomic mass is 35.5. The highest BCUT2D eigenvalue weighted by Gasteiger charge is 2.33. The predicted molar refractivity (Wildman–Crippen MR) is 62.7 cm³/mol. The first-order chi connectivity index (χ1) is 8.29. The monoisotopic (exact) mass is 275 g/mol. The highest BCUT2D eigenvalue weighted by molar-refractivity contribution is 6.31. The number of nitrogens with two attached hydrogens (primary N) is 1. The number of alkyl halides is 3. The van der Waals surface area contributed by atoms with E-state index in [1.807, 2.05) is 0 Å². The molecule has 0 aliphatic rings. The zero-order valence-electron chi connectivity index (χ0n) is 9.29. The van der Waals surface area contributed by atoms with Gasteiger partial charge in [-0.3, -0.25) is 4.57 Å². The predicted octanol–water partition coefficient (Wildman–Crippen LogP) is 3.44. The molecular formula is C11H9ClF3N3. The van der Waals surface area contributed by atoms with Crippen molar-refractivity contribution in [2.45, 2.75) is 13.1 Å². The van der Waals surface area contributed by atoms with E-state index in [9.17, 15) is 13.2 Å². The molecule has 18 heavy (non-hydrogen) atoms. The van der Waals surface area contributed by atoms with Crippen LogP contribution in [0, 0.1) is 6.92 Å². The standard InChI is InChI=1S/C11H9ClF3N3/c1-6-5-18(10(16)17-6)7-2-3-9(12)8(4-7)11(13,14)15/h2-5H,1H3,(H2,16,17). The van der Waals surface area contributed by atoms with Crippen LogP contribution in [-0.4, -0.2) is 9.55 Å². The van der Waals surface area contributed by atoms with Crippen molar-refractivity contribution in [3.63, 3.8) is 0 Å². The van der Waals surface area contributed by atoms with Crippen LogP contribution < -0.4 is 5.73 Å². The van der Waals surface area contributed by atoms with Gasteiger partial charge in [-0.15, -0.1) is 0 Å². The summed E-state index contributed by atoms with van der Waals surface area (Å²) in [5.74, 6) is 0.128. The molecule has 0 saturated heterocycles. The molecule has 0 fully saturated rings.